The zero-order chi connectivity index (χ0) is 13.5. The number of nitrogens with zero attached hydrogens (tertiary/aromatic N) is 2. The number of rotatable bonds is 3. The lowest BCUT2D eigenvalue weighted by atomic mass is 10.1. The van der Waals surface area contributed by atoms with Gasteiger partial charge < -0.3 is 10.6 Å². The number of hydrogen-bond donors (Lipinski definition) is 2. The fourth-order valence-corrected chi connectivity index (χ4v) is 2.58. The van der Waals surface area contributed by atoms with Crippen LogP contribution in [-0.2, 0) is 6.18 Å². The fourth-order valence-electron chi connectivity index (χ4n) is 2.58. The third-order valence-electron chi connectivity index (χ3n) is 3.81. The lowest BCUT2D eigenvalue weighted by Crippen LogP contribution is -2.40. The highest BCUT2D eigenvalue weighted by Crippen LogP contribution is 2.43. The summed E-state index contributed by atoms with van der Waals surface area (Å²) in [5.41, 5.74) is -0.963. The summed E-state index contributed by atoms with van der Waals surface area (Å²) in [4.78, 5) is 0. The first-order valence-corrected chi connectivity index (χ1v) is 6.40. The van der Waals surface area contributed by atoms with E-state index in [9.17, 15) is 13.2 Å². The van der Waals surface area contributed by atoms with Crippen LogP contribution in [0.2, 0.25) is 0 Å². The molecule has 7 heteroatoms. The predicted molar refractivity (Wildman–Crippen MR) is 63.5 cm³/mol. The van der Waals surface area contributed by atoms with Gasteiger partial charge in [-0.2, -0.15) is 13.2 Å². The van der Waals surface area contributed by atoms with Gasteiger partial charge in [-0.05, 0) is 43.4 Å². The monoisotopic (exact) mass is 272 g/mol. The molecule has 1 aliphatic carbocycles. The van der Waals surface area contributed by atoms with Crippen LogP contribution in [0.25, 0.3) is 0 Å². The van der Waals surface area contributed by atoms with Gasteiger partial charge in [0.25, 0.3) is 0 Å². The van der Waals surface area contributed by atoms with Crippen LogP contribution in [0.15, 0.2) is 12.1 Å². The first-order valence-electron chi connectivity index (χ1n) is 6.40. The molecular weight excluding hydrogens is 257 g/mol. The average molecular weight is 272 g/mol. The summed E-state index contributed by atoms with van der Waals surface area (Å²) in [5, 5.41) is 13.2. The van der Waals surface area contributed by atoms with E-state index in [4.69, 9.17) is 0 Å². The summed E-state index contributed by atoms with van der Waals surface area (Å²) in [5.74, 6) is 2.07. The Kier molecular flexibility index (Phi) is 3.08. The summed E-state index contributed by atoms with van der Waals surface area (Å²) < 4.78 is 36.9. The topological polar surface area (TPSA) is 49.8 Å². The maximum absolute atomic E-state index is 12.3. The Labute approximate surface area is 108 Å². The van der Waals surface area contributed by atoms with E-state index in [1.54, 1.807) is 0 Å². The Balaban J connectivity index is 1.52. The molecule has 2 aliphatic rings. The minimum Gasteiger partial charge on any atom is -0.367 e. The van der Waals surface area contributed by atoms with E-state index >= 15 is 0 Å². The minimum atomic E-state index is -4.43. The van der Waals surface area contributed by atoms with Gasteiger partial charge in [-0.15, -0.1) is 10.2 Å². The molecule has 3 rings (SSSR count). The molecule has 1 aromatic heterocycles. The van der Waals surface area contributed by atoms with Gasteiger partial charge in [-0.25, -0.2) is 0 Å². The fraction of sp³-hybridized carbons (Fsp3) is 0.667. The third-order valence-corrected chi connectivity index (χ3v) is 3.81. The van der Waals surface area contributed by atoms with E-state index < -0.39 is 11.9 Å². The number of anilines is 1. The molecule has 2 heterocycles. The van der Waals surface area contributed by atoms with Crippen LogP contribution in [0.1, 0.15) is 18.5 Å². The zero-order valence-corrected chi connectivity index (χ0v) is 10.2. The molecule has 3 unspecified atom stereocenters. The Morgan fingerprint density at radius 3 is 2.68 bits per heavy atom. The van der Waals surface area contributed by atoms with E-state index in [1.807, 2.05) is 0 Å². The van der Waals surface area contributed by atoms with Gasteiger partial charge in [-0.3, -0.25) is 0 Å². The van der Waals surface area contributed by atoms with Gasteiger partial charge >= 0.3 is 6.18 Å². The first kappa shape index (κ1) is 12.7. The standard InChI is InChI=1S/C12H15F3N4/c13-12(14,15)10-1-2-11(19-18-10)17-6-9-4-7-3-8(7)5-16-9/h1-2,7-9,16H,3-6H2,(H,17,19). The molecule has 2 N–H and O–H groups in total. The number of aromatic nitrogens is 2. The Morgan fingerprint density at radius 1 is 1.21 bits per heavy atom. The highest BCUT2D eigenvalue weighted by Gasteiger charge is 2.41. The molecular formula is C12H15F3N4. The van der Waals surface area contributed by atoms with Crippen LogP contribution >= 0.6 is 0 Å². The van der Waals surface area contributed by atoms with Gasteiger partial charge in [0.15, 0.2) is 5.69 Å². The van der Waals surface area contributed by atoms with Crippen molar-refractivity contribution in [1.82, 2.24) is 15.5 Å². The summed E-state index contributed by atoms with van der Waals surface area (Å²) in [6, 6.07) is 2.63. The van der Waals surface area contributed by atoms with Crippen LogP contribution in [0.5, 0.6) is 0 Å². The Bertz CT molecular complexity index is 445. The lowest BCUT2D eigenvalue weighted by molar-refractivity contribution is -0.141. The van der Waals surface area contributed by atoms with Crippen LogP contribution in [0, 0.1) is 11.8 Å². The van der Waals surface area contributed by atoms with Gasteiger partial charge in [0.2, 0.25) is 0 Å². The van der Waals surface area contributed by atoms with Gasteiger partial charge in [0, 0.05) is 12.6 Å². The summed E-state index contributed by atoms with van der Waals surface area (Å²) in [6.45, 7) is 1.72. The minimum absolute atomic E-state index is 0.368. The quantitative estimate of drug-likeness (QED) is 0.882. The molecule has 0 amide bonds. The molecule has 0 spiro atoms. The first-order chi connectivity index (χ1) is 9.02. The van der Waals surface area contributed by atoms with E-state index in [0.29, 0.717) is 18.4 Å². The second kappa shape index (κ2) is 4.63. The Hall–Kier alpha value is -1.37. The van der Waals surface area contributed by atoms with Crippen molar-refractivity contribution in [2.75, 3.05) is 18.4 Å². The van der Waals surface area contributed by atoms with Crippen molar-refractivity contribution in [3.8, 4) is 0 Å². The number of halogens is 3. The van der Waals surface area contributed by atoms with Crippen LogP contribution < -0.4 is 10.6 Å². The second-order valence-corrected chi connectivity index (χ2v) is 5.28. The maximum atomic E-state index is 12.3. The average Bonchev–Trinajstić information content (AvgIpc) is 3.14. The van der Waals surface area contributed by atoms with Crippen molar-refractivity contribution in [1.29, 1.82) is 0 Å². The molecule has 3 atom stereocenters. The highest BCUT2D eigenvalue weighted by atomic mass is 19.4. The molecule has 1 aliphatic heterocycles. The number of piperidine rings is 1. The normalized spacial score (nSPS) is 29.7. The zero-order valence-electron chi connectivity index (χ0n) is 10.2. The summed E-state index contributed by atoms with van der Waals surface area (Å²) in [6.07, 6.45) is -1.99. The van der Waals surface area contributed by atoms with Crippen LogP contribution in [0.3, 0.4) is 0 Å². The molecule has 1 aromatic rings. The van der Waals surface area contributed by atoms with Crippen molar-refractivity contribution in [3.05, 3.63) is 17.8 Å². The molecule has 1 saturated carbocycles. The largest absolute Gasteiger partial charge is 0.435 e. The van der Waals surface area contributed by atoms with Crippen LogP contribution in [0.4, 0.5) is 19.0 Å². The van der Waals surface area contributed by atoms with E-state index in [0.717, 1.165) is 30.9 Å². The van der Waals surface area contributed by atoms with Crippen molar-refractivity contribution < 1.29 is 13.2 Å². The third kappa shape index (κ3) is 2.97. The van der Waals surface area contributed by atoms with Crippen molar-refractivity contribution in [3.63, 3.8) is 0 Å². The number of nitrogens with one attached hydrogen (secondary N) is 2. The molecule has 4 nitrogen and oxygen atoms in total. The molecule has 104 valence electrons. The van der Waals surface area contributed by atoms with E-state index in [2.05, 4.69) is 20.8 Å². The van der Waals surface area contributed by atoms with Crippen molar-refractivity contribution in [2.24, 2.45) is 11.8 Å². The van der Waals surface area contributed by atoms with Gasteiger partial charge in [0.1, 0.15) is 5.82 Å². The number of fused-ring (bicyclic) bond motifs is 1. The molecule has 0 bridgehead atoms. The Morgan fingerprint density at radius 2 is 2.05 bits per heavy atom. The maximum Gasteiger partial charge on any atom is 0.435 e. The molecule has 1 saturated heterocycles. The lowest BCUT2D eigenvalue weighted by Gasteiger charge is -2.23. The van der Waals surface area contributed by atoms with Gasteiger partial charge in [-0.1, -0.05) is 0 Å². The smallest absolute Gasteiger partial charge is 0.367 e. The number of hydrogen-bond acceptors (Lipinski definition) is 4. The van der Waals surface area contributed by atoms with E-state index in [1.165, 1.54) is 12.5 Å². The molecule has 2 fully saturated rings. The molecule has 0 aromatic carbocycles. The number of alkyl halides is 3. The van der Waals surface area contributed by atoms with Crippen LogP contribution in [-0.4, -0.2) is 29.3 Å². The van der Waals surface area contributed by atoms with Gasteiger partial charge in [0.05, 0.1) is 0 Å². The van der Waals surface area contributed by atoms with Crippen molar-refractivity contribution in [2.45, 2.75) is 25.1 Å². The summed E-state index contributed by atoms with van der Waals surface area (Å²) >= 11 is 0. The van der Waals surface area contributed by atoms with Crippen molar-refractivity contribution >= 4 is 5.82 Å². The summed E-state index contributed by atoms with van der Waals surface area (Å²) in [7, 11) is 0. The molecule has 19 heavy (non-hydrogen) atoms. The highest BCUT2D eigenvalue weighted by molar-refractivity contribution is 5.33. The second-order valence-electron chi connectivity index (χ2n) is 5.28. The SMILES string of the molecule is FC(F)(F)c1ccc(NCC2CC3CC3CN2)nn1. The predicted octanol–water partition coefficient (Wildman–Crippen LogP) is 1.91. The van der Waals surface area contributed by atoms with E-state index in [-0.39, 0.29) is 0 Å². The molecule has 0 radical (unpaired) electrons.